The molecule has 0 amide bonds. The number of nitriles is 1. The highest BCUT2D eigenvalue weighted by Crippen LogP contribution is 2.35. The second-order valence-corrected chi connectivity index (χ2v) is 5.89. The van der Waals surface area contributed by atoms with Gasteiger partial charge in [0.2, 0.25) is 0 Å². The first-order valence-corrected chi connectivity index (χ1v) is 7.69. The Bertz CT molecular complexity index is 1080. The predicted molar refractivity (Wildman–Crippen MR) is 96.3 cm³/mol. The minimum atomic E-state index is 0.706. The molecule has 0 saturated heterocycles. The molecule has 23 heavy (non-hydrogen) atoms. The van der Waals surface area contributed by atoms with Crippen molar-refractivity contribution in [2.75, 3.05) is 0 Å². The van der Waals surface area contributed by atoms with Crippen LogP contribution in [0, 0.1) is 18.3 Å². The molecule has 0 saturated carbocycles. The van der Waals surface area contributed by atoms with Gasteiger partial charge in [-0.2, -0.15) is 5.26 Å². The maximum absolute atomic E-state index is 9.27. The third kappa shape index (κ3) is 2.25. The molecule has 0 atom stereocenters. The van der Waals surface area contributed by atoms with Crippen LogP contribution in [-0.2, 0) is 0 Å². The number of aryl methyl sites for hydroxylation is 1. The fourth-order valence-electron chi connectivity index (χ4n) is 3.30. The van der Waals surface area contributed by atoms with Crippen molar-refractivity contribution in [2.45, 2.75) is 6.92 Å². The minimum absolute atomic E-state index is 0.706. The molecular formula is C22H15N. The van der Waals surface area contributed by atoms with Crippen LogP contribution in [0.3, 0.4) is 0 Å². The summed E-state index contributed by atoms with van der Waals surface area (Å²) in [6.07, 6.45) is 0. The second kappa shape index (κ2) is 5.26. The van der Waals surface area contributed by atoms with Gasteiger partial charge in [0, 0.05) is 0 Å². The van der Waals surface area contributed by atoms with Crippen molar-refractivity contribution in [3.05, 3.63) is 83.9 Å². The Morgan fingerprint density at radius 3 is 2.22 bits per heavy atom. The minimum Gasteiger partial charge on any atom is -0.192 e. The lowest BCUT2D eigenvalue weighted by molar-refractivity contribution is 1.42. The van der Waals surface area contributed by atoms with Crippen LogP contribution < -0.4 is 0 Å². The lowest BCUT2D eigenvalue weighted by Crippen LogP contribution is -1.87. The Balaban J connectivity index is 2.14. The number of hydrogen-bond acceptors (Lipinski definition) is 1. The SMILES string of the molecule is Cc1cc(C#N)cc(-c2cc3ccccc3c3ccccc23)c1. The summed E-state index contributed by atoms with van der Waals surface area (Å²) in [6.45, 7) is 2.04. The van der Waals surface area contributed by atoms with Gasteiger partial charge in [-0.25, -0.2) is 0 Å². The number of rotatable bonds is 1. The molecule has 4 aromatic carbocycles. The van der Waals surface area contributed by atoms with Crippen LogP contribution in [0.25, 0.3) is 32.7 Å². The molecule has 0 N–H and O–H groups in total. The molecule has 0 bridgehead atoms. The van der Waals surface area contributed by atoms with Crippen LogP contribution in [0.4, 0.5) is 0 Å². The zero-order valence-corrected chi connectivity index (χ0v) is 12.9. The molecule has 0 radical (unpaired) electrons. The van der Waals surface area contributed by atoms with E-state index in [9.17, 15) is 5.26 Å². The zero-order chi connectivity index (χ0) is 15.8. The van der Waals surface area contributed by atoms with Crippen molar-refractivity contribution < 1.29 is 0 Å². The van der Waals surface area contributed by atoms with E-state index >= 15 is 0 Å². The Morgan fingerprint density at radius 2 is 1.43 bits per heavy atom. The number of nitrogens with zero attached hydrogens (tertiary/aromatic N) is 1. The molecule has 4 aromatic rings. The van der Waals surface area contributed by atoms with Crippen LogP contribution in [0.1, 0.15) is 11.1 Å². The van der Waals surface area contributed by atoms with Crippen molar-refractivity contribution in [3.63, 3.8) is 0 Å². The molecule has 0 fully saturated rings. The van der Waals surface area contributed by atoms with Gasteiger partial charge < -0.3 is 0 Å². The molecule has 4 rings (SSSR count). The summed E-state index contributed by atoms with van der Waals surface area (Å²) >= 11 is 0. The van der Waals surface area contributed by atoms with E-state index in [1.807, 2.05) is 19.1 Å². The van der Waals surface area contributed by atoms with E-state index in [0.29, 0.717) is 5.56 Å². The number of benzene rings is 4. The van der Waals surface area contributed by atoms with E-state index in [2.05, 4.69) is 66.7 Å². The van der Waals surface area contributed by atoms with Crippen molar-refractivity contribution >= 4 is 21.5 Å². The molecule has 1 nitrogen and oxygen atoms in total. The smallest absolute Gasteiger partial charge is 0.0991 e. The maximum atomic E-state index is 9.27. The van der Waals surface area contributed by atoms with Crippen LogP contribution >= 0.6 is 0 Å². The van der Waals surface area contributed by atoms with Gasteiger partial charge in [-0.3, -0.25) is 0 Å². The Morgan fingerprint density at radius 1 is 0.739 bits per heavy atom. The maximum Gasteiger partial charge on any atom is 0.0991 e. The van der Waals surface area contributed by atoms with E-state index in [-0.39, 0.29) is 0 Å². The van der Waals surface area contributed by atoms with Crippen molar-refractivity contribution in [1.82, 2.24) is 0 Å². The van der Waals surface area contributed by atoms with E-state index in [1.165, 1.54) is 27.1 Å². The molecule has 0 heterocycles. The van der Waals surface area contributed by atoms with Crippen LogP contribution in [0.5, 0.6) is 0 Å². The topological polar surface area (TPSA) is 23.8 Å². The van der Waals surface area contributed by atoms with Gasteiger partial charge in [0.25, 0.3) is 0 Å². The van der Waals surface area contributed by atoms with Crippen molar-refractivity contribution in [3.8, 4) is 17.2 Å². The predicted octanol–water partition coefficient (Wildman–Crippen LogP) is 5.84. The van der Waals surface area contributed by atoms with Gasteiger partial charge in [0.1, 0.15) is 0 Å². The van der Waals surface area contributed by atoms with Gasteiger partial charge in [-0.1, -0.05) is 54.6 Å². The Kier molecular flexibility index (Phi) is 3.10. The highest BCUT2D eigenvalue weighted by atomic mass is 14.2. The average Bonchev–Trinajstić information content (AvgIpc) is 2.60. The quantitative estimate of drug-likeness (QED) is 0.404. The molecule has 0 aromatic heterocycles. The van der Waals surface area contributed by atoms with Gasteiger partial charge >= 0.3 is 0 Å². The summed E-state index contributed by atoms with van der Waals surface area (Å²) in [5.41, 5.74) is 4.09. The summed E-state index contributed by atoms with van der Waals surface area (Å²) in [7, 11) is 0. The summed E-state index contributed by atoms with van der Waals surface area (Å²) in [5, 5.41) is 14.2. The van der Waals surface area contributed by atoms with Gasteiger partial charge in [-0.05, 0) is 63.4 Å². The van der Waals surface area contributed by atoms with E-state index in [1.54, 1.807) is 0 Å². The lowest BCUT2D eigenvalue weighted by atomic mass is 9.92. The molecule has 0 unspecified atom stereocenters. The molecule has 0 aliphatic carbocycles. The standard InChI is InChI=1S/C22H15N/c1-15-10-16(14-23)12-18(11-15)22-13-17-6-2-3-7-19(17)20-8-4-5-9-21(20)22/h2-13H,1H3. The average molecular weight is 293 g/mol. The molecule has 1 heteroatoms. The molecule has 0 spiro atoms. The molecular weight excluding hydrogens is 278 g/mol. The third-order valence-corrected chi connectivity index (χ3v) is 4.29. The highest BCUT2D eigenvalue weighted by Gasteiger charge is 2.09. The summed E-state index contributed by atoms with van der Waals surface area (Å²) in [5.74, 6) is 0. The van der Waals surface area contributed by atoms with Crippen LogP contribution in [-0.4, -0.2) is 0 Å². The normalized spacial score (nSPS) is 10.8. The first-order valence-electron chi connectivity index (χ1n) is 7.69. The van der Waals surface area contributed by atoms with Gasteiger partial charge in [-0.15, -0.1) is 0 Å². The van der Waals surface area contributed by atoms with Crippen molar-refractivity contribution in [1.29, 1.82) is 5.26 Å². The highest BCUT2D eigenvalue weighted by molar-refractivity contribution is 6.13. The first-order chi connectivity index (χ1) is 11.3. The fraction of sp³-hybridized carbons (Fsp3) is 0.0455. The van der Waals surface area contributed by atoms with E-state index < -0.39 is 0 Å². The van der Waals surface area contributed by atoms with Gasteiger partial charge in [0.05, 0.1) is 11.6 Å². The molecule has 108 valence electrons. The summed E-state index contributed by atoms with van der Waals surface area (Å²) in [4.78, 5) is 0. The number of fused-ring (bicyclic) bond motifs is 3. The first kappa shape index (κ1) is 13.5. The third-order valence-electron chi connectivity index (χ3n) is 4.29. The Hall–Kier alpha value is -3.11. The summed E-state index contributed by atoms with van der Waals surface area (Å²) < 4.78 is 0. The van der Waals surface area contributed by atoms with E-state index in [0.717, 1.165) is 11.1 Å². The van der Waals surface area contributed by atoms with Crippen molar-refractivity contribution in [2.24, 2.45) is 0 Å². The molecule has 0 aliphatic rings. The molecule has 0 aliphatic heterocycles. The Labute approximate surface area is 135 Å². The summed E-state index contributed by atoms with van der Waals surface area (Å²) in [6, 6.07) is 27.5. The largest absolute Gasteiger partial charge is 0.192 e. The zero-order valence-electron chi connectivity index (χ0n) is 12.9. The van der Waals surface area contributed by atoms with Gasteiger partial charge in [0.15, 0.2) is 0 Å². The fourth-order valence-corrected chi connectivity index (χ4v) is 3.30. The van der Waals surface area contributed by atoms with Crippen LogP contribution in [0.15, 0.2) is 72.8 Å². The second-order valence-electron chi connectivity index (χ2n) is 5.89. The lowest BCUT2D eigenvalue weighted by Gasteiger charge is -2.12. The van der Waals surface area contributed by atoms with Crippen LogP contribution in [0.2, 0.25) is 0 Å². The van der Waals surface area contributed by atoms with E-state index in [4.69, 9.17) is 0 Å². The monoisotopic (exact) mass is 293 g/mol. The number of hydrogen-bond donors (Lipinski definition) is 0.